The van der Waals surface area contributed by atoms with Crippen LogP contribution in [0.1, 0.15) is 62.7 Å². The summed E-state index contributed by atoms with van der Waals surface area (Å²) in [5.74, 6) is 6.28. The Bertz CT molecular complexity index is 621. The first kappa shape index (κ1) is 16.1. The molecule has 122 valence electrons. The average Bonchev–Trinajstić information content (AvgIpc) is 3.34. The predicted octanol–water partition coefficient (Wildman–Crippen LogP) is 4.12. The molecule has 2 atom stereocenters. The molecule has 1 aliphatic heterocycles. The van der Waals surface area contributed by atoms with Crippen LogP contribution in [0.3, 0.4) is 0 Å². The largest absolute Gasteiger partial charge is 0.442 e. The number of rotatable bonds is 4. The molecule has 3 heteroatoms. The Morgan fingerprint density at radius 3 is 2.70 bits per heavy atom. The van der Waals surface area contributed by atoms with E-state index in [1.54, 1.807) is 12.1 Å². The normalized spacial score (nSPS) is 25.7. The lowest BCUT2D eigenvalue weighted by molar-refractivity contribution is 0.00469. The molecule has 2 fully saturated rings. The molecule has 0 amide bonds. The van der Waals surface area contributed by atoms with Crippen molar-refractivity contribution in [3.05, 3.63) is 35.9 Å². The molecule has 1 aliphatic carbocycles. The van der Waals surface area contributed by atoms with Crippen LogP contribution in [-0.2, 0) is 9.47 Å². The highest BCUT2D eigenvalue weighted by molar-refractivity contribution is 5.89. The summed E-state index contributed by atoms with van der Waals surface area (Å²) < 4.78 is 11.6. The Labute approximate surface area is 138 Å². The van der Waals surface area contributed by atoms with Crippen molar-refractivity contribution in [2.45, 2.75) is 69.7 Å². The number of esters is 1. The molecule has 0 N–H and O–H groups in total. The van der Waals surface area contributed by atoms with Gasteiger partial charge in [0.25, 0.3) is 0 Å². The van der Waals surface area contributed by atoms with E-state index in [1.165, 1.54) is 12.8 Å². The van der Waals surface area contributed by atoms with Gasteiger partial charge < -0.3 is 9.47 Å². The van der Waals surface area contributed by atoms with Crippen molar-refractivity contribution in [1.29, 1.82) is 0 Å². The second-order valence-corrected chi connectivity index (χ2v) is 6.45. The highest BCUT2D eigenvalue weighted by Gasteiger charge is 2.56. The molecule has 3 nitrogen and oxygen atoms in total. The Morgan fingerprint density at radius 1 is 1.30 bits per heavy atom. The first-order valence-electron chi connectivity index (χ1n) is 8.63. The van der Waals surface area contributed by atoms with Crippen molar-refractivity contribution in [3.8, 4) is 11.8 Å². The van der Waals surface area contributed by atoms with Gasteiger partial charge in [-0.2, -0.15) is 0 Å². The van der Waals surface area contributed by atoms with E-state index in [0.29, 0.717) is 24.5 Å². The summed E-state index contributed by atoms with van der Waals surface area (Å²) in [5, 5.41) is 0. The van der Waals surface area contributed by atoms with Crippen molar-refractivity contribution in [2.75, 3.05) is 0 Å². The van der Waals surface area contributed by atoms with Crippen LogP contribution in [0.15, 0.2) is 30.3 Å². The van der Waals surface area contributed by atoms with Gasteiger partial charge in [-0.15, -0.1) is 0 Å². The molecule has 0 aromatic heterocycles. The maximum atomic E-state index is 12.4. The van der Waals surface area contributed by atoms with Crippen molar-refractivity contribution >= 4 is 5.97 Å². The highest BCUT2D eigenvalue weighted by Crippen LogP contribution is 2.47. The number of hydrogen-bond donors (Lipinski definition) is 0. The van der Waals surface area contributed by atoms with Gasteiger partial charge in [-0.05, 0) is 44.2 Å². The fourth-order valence-corrected chi connectivity index (χ4v) is 3.25. The molecule has 0 spiro atoms. The maximum absolute atomic E-state index is 12.4. The molecule has 0 bridgehead atoms. The molecule has 1 aromatic rings. The molecule has 1 heterocycles. The second kappa shape index (κ2) is 6.37. The molecule has 1 saturated heterocycles. The van der Waals surface area contributed by atoms with E-state index < -0.39 is 5.60 Å². The van der Waals surface area contributed by atoms with Crippen molar-refractivity contribution in [2.24, 2.45) is 0 Å². The fourth-order valence-electron chi connectivity index (χ4n) is 3.25. The average molecular weight is 312 g/mol. The van der Waals surface area contributed by atoms with Crippen LogP contribution < -0.4 is 0 Å². The molecule has 1 aromatic carbocycles. The van der Waals surface area contributed by atoms with E-state index in [4.69, 9.17) is 9.47 Å². The minimum absolute atomic E-state index is 0.257. The molecule has 1 saturated carbocycles. The molecule has 0 radical (unpaired) electrons. The van der Waals surface area contributed by atoms with E-state index in [1.807, 2.05) is 32.0 Å². The number of fused-ring (bicyclic) bond motifs is 1. The summed E-state index contributed by atoms with van der Waals surface area (Å²) in [6, 6.07) is 9.10. The van der Waals surface area contributed by atoms with Gasteiger partial charge in [-0.25, -0.2) is 4.79 Å². The molecule has 3 rings (SSSR count). The summed E-state index contributed by atoms with van der Waals surface area (Å²) in [6.07, 6.45) is 6.14. The third kappa shape index (κ3) is 3.28. The van der Waals surface area contributed by atoms with Gasteiger partial charge in [0, 0.05) is 0 Å². The minimum atomic E-state index is -0.727. The van der Waals surface area contributed by atoms with Gasteiger partial charge in [0.2, 0.25) is 0 Å². The van der Waals surface area contributed by atoms with Gasteiger partial charge in [-0.3, -0.25) is 0 Å². The maximum Gasteiger partial charge on any atom is 0.339 e. The molecular formula is C20H24O3. The predicted molar refractivity (Wildman–Crippen MR) is 89.0 cm³/mol. The number of hydrogen-bond acceptors (Lipinski definition) is 3. The zero-order valence-corrected chi connectivity index (χ0v) is 13.9. The third-order valence-corrected chi connectivity index (χ3v) is 5.02. The number of carbonyl (C=O) groups is 1. The smallest absolute Gasteiger partial charge is 0.339 e. The van der Waals surface area contributed by atoms with Crippen LogP contribution in [0.25, 0.3) is 0 Å². The van der Waals surface area contributed by atoms with Crippen LogP contribution in [0.5, 0.6) is 0 Å². The summed E-state index contributed by atoms with van der Waals surface area (Å²) in [5.41, 5.74) is -0.417. The van der Waals surface area contributed by atoms with Crippen LogP contribution in [0.2, 0.25) is 0 Å². The van der Waals surface area contributed by atoms with E-state index >= 15 is 0 Å². The molecule has 2 aliphatic rings. The Hall–Kier alpha value is -1.79. The number of ether oxygens (including phenoxy) is 2. The standard InChI is InChI=1S/C20H24O3/c1-3-19(4-2,23-18(21)16-10-6-5-7-11-16)14-15-20-13-9-8-12-17(20)22-20/h5-7,10-11,17H,3-4,8-9,12-13H2,1-2H3. The molecule has 23 heavy (non-hydrogen) atoms. The van der Waals surface area contributed by atoms with Crippen LogP contribution in [0.4, 0.5) is 0 Å². The summed E-state index contributed by atoms with van der Waals surface area (Å²) in [6.45, 7) is 4.03. The first-order chi connectivity index (χ1) is 11.1. The lowest BCUT2D eigenvalue weighted by Gasteiger charge is -2.26. The van der Waals surface area contributed by atoms with Gasteiger partial charge in [0.05, 0.1) is 11.7 Å². The van der Waals surface area contributed by atoms with Crippen molar-refractivity contribution < 1.29 is 14.3 Å². The first-order valence-corrected chi connectivity index (χ1v) is 8.63. The van der Waals surface area contributed by atoms with Crippen LogP contribution >= 0.6 is 0 Å². The highest BCUT2D eigenvalue weighted by atomic mass is 16.6. The topological polar surface area (TPSA) is 38.8 Å². The second-order valence-electron chi connectivity index (χ2n) is 6.45. The Balaban J connectivity index is 1.76. The lowest BCUT2D eigenvalue weighted by Crippen LogP contribution is -2.33. The number of carbonyl (C=O) groups excluding carboxylic acids is 1. The third-order valence-electron chi connectivity index (χ3n) is 5.02. The van der Waals surface area contributed by atoms with Crippen molar-refractivity contribution in [3.63, 3.8) is 0 Å². The monoisotopic (exact) mass is 312 g/mol. The number of epoxide rings is 1. The fraction of sp³-hybridized carbons (Fsp3) is 0.550. The molecule has 2 unspecified atom stereocenters. The van der Waals surface area contributed by atoms with Gasteiger partial charge in [0.1, 0.15) is 0 Å². The SMILES string of the molecule is CCC(C#CC12CCCCC1O2)(CC)OC(=O)c1ccccc1. The minimum Gasteiger partial charge on any atom is -0.442 e. The lowest BCUT2D eigenvalue weighted by atomic mass is 9.88. The van der Waals surface area contributed by atoms with E-state index in [9.17, 15) is 4.79 Å². The van der Waals surface area contributed by atoms with Crippen LogP contribution in [-0.4, -0.2) is 23.3 Å². The van der Waals surface area contributed by atoms with E-state index in [2.05, 4.69) is 11.8 Å². The van der Waals surface area contributed by atoms with Gasteiger partial charge in [0.15, 0.2) is 11.2 Å². The molecular weight excluding hydrogens is 288 g/mol. The summed E-state index contributed by atoms with van der Waals surface area (Å²) in [4.78, 5) is 12.4. The quantitative estimate of drug-likeness (QED) is 0.477. The van der Waals surface area contributed by atoms with Crippen molar-refractivity contribution in [1.82, 2.24) is 0 Å². The summed E-state index contributed by atoms with van der Waals surface area (Å²) >= 11 is 0. The van der Waals surface area contributed by atoms with E-state index in [0.717, 1.165) is 12.8 Å². The van der Waals surface area contributed by atoms with Crippen LogP contribution in [0, 0.1) is 11.8 Å². The Morgan fingerprint density at radius 2 is 2.04 bits per heavy atom. The number of benzene rings is 1. The Kier molecular flexibility index (Phi) is 4.46. The van der Waals surface area contributed by atoms with Gasteiger partial charge in [-0.1, -0.05) is 50.3 Å². The van der Waals surface area contributed by atoms with Gasteiger partial charge >= 0.3 is 5.97 Å². The zero-order chi connectivity index (χ0) is 16.3. The zero-order valence-electron chi connectivity index (χ0n) is 13.9. The van der Waals surface area contributed by atoms with E-state index in [-0.39, 0.29) is 11.6 Å². The summed E-state index contributed by atoms with van der Waals surface area (Å²) in [7, 11) is 0.